The van der Waals surface area contributed by atoms with Gasteiger partial charge in [0.15, 0.2) is 5.84 Å². The number of hydrogen-bond acceptors (Lipinski definition) is 4. The van der Waals surface area contributed by atoms with Crippen LogP contribution in [0.4, 0.5) is 5.69 Å². The van der Waals surface area contributed by atoms with Gasteiger partial charge in [-0.3, -0.25) is 4.98 Å². The quantitative estimate of drug-likeness (QED) is 0.338. The Morgan fingerprint density at radius 3 is 2.89 bits per heavy atom. The zero-order chi connectivity index (χ0) is 13.7. The van der Waals surface area contributed by atoms with Gasteiger partial charge in [-0.2, -0.15) is 0 Å². The molecule has 0 unspecified atom stereocenters. The van der Waals surface area contributed by atoms with Crippen molar-refractivity contribution in [3.63, 3.8) is 0 Å². The van der Waals surface area contributed by atoms with Crippen molar-refractivity contribution in [2.24, 2.45) is 10.9 Å². The summed E-state index contributed by atoms with van der Waals surface area (Å²) in [5.41, 5.74) is 9.27. The highest BCUT2D eigenvalue weighted by Gasteiger charge is 2.03. The van der Waals surface area contributed by atoms with Gasteiger partial charge < -0.3 is 16.3 Å². The van der Waals surface area contributed by atoms with Gasteiger partial charge in [0.05, 0.1) is 0 Å². The second-order valence-corrected chi connectivity index (χ2v) is 4.20. The second-order valence-electron chi connectivity index (χ2n) is 4.20. The van der Waals surface area contributed by atoms with Crippen molar-refractivity contribution >= 4 is 11.5 Å². The Bertz CT molecular complexity index is 596. The van der Waals surface area contributed by atoms with Crippen LogP contribution in [0.2, 0.25) is 0 Å². The summed E-state index contributed by atoms with van der Waals surface area (Å²) in [5.74, 6) is 0.0118. The number of anilines is 1. The summed E-state index contributed by atoms with van der Waals surface area (Å²) in [7, 11) is 0. The van der Waals surface area contributed by atoms with Crippen LogP contribution in [-0.4, -0.2) is 16.0 Å². The molecule has 0 fully saturated rings. The highest BCUT2D eigenvalue weighted by atomic mass is 16.4. The Morgan fingerprint density at radius 1 is 1.37 bits per heavy atom. The molecule has 4 N–H and O–H groups in total. The van der Waals surface area contributed by atoms with Crippen LogP contribution in [0.3, 0.4) is 0 Å². The van der Waals surface area contributed by atoms with Gasteiger partial charge in [-0.25, -0.2) is 0 Å². The lowest BCUT2D eigenvalue weighted by molar-refractivity contribution is 0.318. The summed E-state index contributed by atoms with van der Waals surface area (Å²) < 4.78 is 0. The molecule has 5 nitrogen and oxygen atoms in total. The summed E-state index contributed by atoms with van der Waals surface area (Å²) in [6, 6.07) is 11.8. The Morgan fingerprint density at radius 2 is 2.16 bits per heavy atom. The molecule has 2 aromatic rings. The number of nitrogens with one attached hydrogen (secondary N) is 1. The molecule has 5 heteroatoms. The van der Waals surface area contributed by atoms with Gasteiger partial charge in [0.2, 0.25) is 0 Å². The van der Waals surface area contributed by atoms with Crippen molar-refractivity contribution in [3.05, 3.63) is 59.4 Å². The first kappa shape index (κ1) is 12.9. The van der Waals surface area contributed by atoms with Crippen LogP contribution < -0.4 is 11.1 Å². The number of amidine groups is 1. The highest BCUT2D eigenvalue weighted by Crippen LogP contribution is 2.14. The summed E-state index contributed by atoms with van der Waals surface area (Å²) in [6.45, 7) is 2.70. The number of benzene rings is 1. The van der Waals surface area contributed by atoms with E-state index < -0.39 is 0 Å². The lowest BCUT2D eigenvalue weighted by Crippen LogP contribution is -2.15. The molecule has 1 aromatic carbocycles. The van der Waals surface area contributed by atoms with E-state index in [0.717, 1.165) is 11.3 Å². The lowest BCUT2D eigenvalue weighted by Gasteiger charge is -2.09. The smallest absolute Gasteiger partial charge is 0.188 e. The molecule has 0 aliphatic heterocycles. The van der Waals surface area contributed by atoms with Crippen LogP contribution in [0.5, 0.6) is 0 Å². The average Bonchev–Trinajstić information content (AvgIpc) is 2.46. The fourth-order valence-electron chi connectivity index (χ4n) is 1.74. The first-order valence-electron chi connectivity index (χ1n) is 5.93. The largest absolute Gasteiger partial charge is 0.409 e. The zero-order valence-corrected chi connectivity index (χ0v) is 10.7. The number of oxime groups is 1. The van der Waals surface area contributed by atoms with E-state index in [2.05, 4.69) is 28.4 Å². The van der Waals surface area contributed by atoms with Crippen molar-refractivity contribution in [3.8, 4) is 0 Å². The van der Waals surface area contributed by atoms with E-state index >= 15 is 0 Å². The number of hydrogen-bond donors (Lipinski definition) is 3. The number of nitrogens with two attached hydrogens (primary N) is 1. The summed E-state index contributed by atoms with van der Waals surface area (Å²) in [5, 5.41) is 14.9. The molecule has 19 heavy (non-hydrogen) atoms. The molecule has 0 aliphatic rings. The van der Waals surface area contributed by atoms with Crippen LogP contribution in [0.1, 0.15) is 16.8 Å². The van der Waals surface area contributed by atoms with E-state index in [0.29, 0.717) is 12.2 Å². The predicted molar refractivity (Wildman–Crippen MR) is 75.3 cm³/mol. The first-order valence-corrected chi connectivity index (χ1v) is 5.93. The molecule has 0 saturated heterocycles. The lowest BCUT2D eigenvalue weighted by atomic mass is 10.2. The van der Waals surface area contributed by atoms with Crippen LogP contribution in [0.25, 0.3) is 0 Å². The van der Waals surface area contributed by atoms with Gasteiger partial charge in [-0.1, -0.05) is 23.4 Å². The molecule has 0 spiro atoms. The molecule has 2 rings (SSSR count). The molecule has 0 amide bonds. The molecule has 1 aromatic heterocycles. The third-order valence-electron chi connectivity index (χ3n) is 2.82. The minimum absolute atomic E-state index is 0.0118. The number of rotatable bonds is 4. The van der Waals surface area contributed by atoms with Crippen LogP contribution in [-0.2, 0) is 6.54 Å². The topological polar surface area (TPSA) is 83.5 Å². The van der Waals surface area contributed by atoms with Crippen molar-refractivity contribution in [1.29, 1.82) is 0 Å². The van der Waals surface area contributed by atoms with Gasteiger partial charge in [-0.05, 0) is 36.2 Å². The van der Waals surface area contributed by atoms with E-state index in [1.54, 1.807) is 12.3 Å². The number of aromatic nitrogens is 1. The van der Waals surface area contributed by atoms with Gasteiger partial charge in [0, 0.05) is 18.4 Å². The van der Waals surface area contributed by atoms with Crippen LogP contribution in [0, 0.1) is 6.92 Å². The van der Waals surface area contributed by atoms with Crippen LogP contribution in [0.15, 0.2) is 47.8 Å². The molecular formula is C14H16N4O. The first-order chi connectivity index (χ1) is 9.20. The summed E-state index contributed by atoms with van der Waals surface area (Å²) >= 11 is 0. The zero-order valence-electron chi connectivity index (χ0n) is 10.7. The molecular weight excluding hydrogens is 240 g/mol. The maximum absolute atomic E-state index is 8.63. The number of nitrogens with zero attached hydrogens (tertiary/aromatic N) is 2. The number of para-hydroxylation sites is 1. The standard InChI is InChI=1S/C14H16N4O/c1-10-4-2-3-5-12(10)17-9-11-6-7-16-13(8-11)14(15)18-19/h2-8,17,19H,9H2,1H3,(H2,15,18). The normalized spacial score (nSPS) is 11.3. The number of aryl methyl sites for hydroxylation is 1. The molecule has 0 radical (unpaired) electrons. The molecule has 1 heterocycles. The average molecular weight is 256 g/mol. The Labute approximate surface area is 111 Å². The molecule has 0 saturated carbocycles. The van der Waals surface area contributed by atoms with E-state index in [4.69, 9.17) is 10.9 Å². The minimum Gasteiger partial charge on any atom is -0.409 e. The summed E-state index contributed by atoms with van der Waals surface area (Å²) in [4.78, 5) is 4.04. The molecule has 0 atom stereocenters. The van der Waals surface area contributed by atoms with Crippen molar-refractivity contribution in [2.75, 3.05) is 5.32 Å². The molecule has 98 valence electrons. The highest BCUT2D eigenvalue weighted by molar-refractivity contribution is 5.95. The Balaban J connectivity index is 2.10. The molecule has 0 aliphatic carbocycles. The second kappa shape index (κ2) is 5.86. The van der Waals surface area contributed by atoms with Gasteiger partial charge in [0.1, 0.15) is 5.69 Å². The maximum Gasteiger partial charge on any atom is 0.188 e. The van der Waals surface area contributed by atoms with Crippen molar-refractivity contribution < 1.29 is 5.21 Å². The van der Waals surface area contributed by atoms with Gasteiger partial charge in [-0.15, -0.1) is 0 Å². The van der Waals surface area contributed by atoms with Crippen LogP contribution >= 0.6 is 0 Å². The summed E-state index contributed by atoms with van der Waals surface area (Å²) in [6.07, 6.45) is 1.64. The van der Waals surface area contributed by atoms with Gasteiger partial charge in [0.25, 0.3) is 0 Å². The van der Waals surface area contributed by atoms with Gasteiger partial charge >= 0.3 is 0 Å². The monoisotopic (exact) mass is 256 g/mol. The fraction of sp³-hybridized carbons (Fsp3) is 0.143. The Kier molecular flexibility index (Phi) is 3.97. The minimum atomic E-state index is 0.0118. The van der Waals surface area contributed by atoms with E-state index in [1.807, 2.05) is 24.3 Å². The van der Waals surface area contributed by atoms with E-state index in [9.17, 15) is 0 Å². The SMILES string of the molecule is Cc1ccccc1NCc1ccnc(C(N)=NO)c1. The van der Waals surface area contributed by atoms with Crippen molar-refractivity contribution in [2.45, 2.75) is 13.5 Å². The van der Waals surface area contributed by atoms with Crippen molar-refractivity contribution in [1.82, 2.24) is 4.98 Å². The fourth-order valence-corrected chi connectivity index (χ4v) is 1.74. The maximum atomic E-state index is 8.63. The predicted octanol–water partition coefficient (Wildman–Crippen LogP) is 2.10. The van der Waals surface area contributed by atoms with E-state index in [-0.39, 0.29) is 5.84 Å². The van der Waals surface area contributed by atoms with E-state index in [1.165, 1.54) is 5.56 Å². The number of pyridine rings is 1. The molecule has 0 bridgehead atoms. The Hall–Kier alpha value is -2.56. The third kappa shape index (κ3) is 3.22. The third-order valence-corrected chi connectivity index (χ3v) is 2.82.